The van der Waals surface area contributed by atoms with Gasteiger partial charge < -0.3 is 24.7 Å². The van der Waals surface area contributed by atoms with Crippen molar-refractivity contribution in [3.05, 3.63) is 0 Å². The second-order valence-electron chi connectivity index (χ2n) is 7.56. The zero-order chi connectivity index (χ0) is 16.8. The molecule has 0 radical (unpaired) electrons. The number of carboxylic acids is 1. The van der Waals surface area contributed by atoms with Gasteiger partial charge in [0.15, 0.2) is 0 Å². The van der Waals surface area contributed by atoms with E-state index in [1.165, 1.54) is 4.90 Å². The number of likely N-dealkylation sites (tertiary alicyclic amines) is 2. The highest BCUT2D eigenvalue weighted by atomic mass is 16.6. The molecule has 2 aliphatic rings. The minimum atomic E-state index is -1.29. The summed E-state index contributed by atoms with van der Waals surface area (Å²) in [6.07, 6.45) is 0.275. The van der Waals surface area contributed by atoms with Crippen LogP contribution in [0, 0.1) is 5.41 Å². The maximum absolute atomic E-state index is 12.0. The van der Waals surface area contributed by atoms with Crippen LogP contribution < -0.4 is 0 Å². The zero-order valence-electron chi connectivity index (χ0n) is 13.8. The van der Waals surface area contributed by atoms with Gasteiger partial charge in [0.1, 0.15) is 11.0 Å². The zero-order valence-corrected chi connectivity index (χ0v) is 13.8. The lowest BCUT2D eigenvalue weighted by atomic mass is 9.62. The lowest BCUT2D eigenvalue weighted by Crippen LogP contribution is -2.73. The van der Waals surface area contributed by atoms with Crippen molar-refractivity contribution in [3.63, 3.8) is 0 Å². The number of carbonyl (C=O) groups is 2. The first-order valence-corrected chi connectivity index (χ1v) is 7.61. The molecule has 0 aromatic rings. The van der Waals surface area contributed by atoms with Crippen LogP contribution in [-0.4, -0.2) is 76.5 Å². The molecule has 0 unspecified atom stereocenters. The molecule has 0 aromatic carbocycles. The largest absolute Gasteiger partial charge is 0.481 e. The van der Waals surface area contributed by atoms with E-state index < -0.39 is 28.7 Å². The summed E-state index contributed by atoms with van der Waals surface area (Å²) < 4.78 is 5.26. The standard InChI is InChI=1S/C15H26N2O5/c1-13(2,3)22-12(20)17-9-14(10-17,11(18)19)15(21)5-7-16(4)8-6-15/h21H,5-10H2,1-4H3,(H,18,19). The van der Waals surface area contributed by atoms with Crippen molar-refractivity contribution >= 4 is 12.1 Å². The maximum atomic E-state index is 12.0. The molecule has 1 amide bonds. The molecule has 2 fully saturated rings. The van der Waals surface area contributed by atoms with E-state index in [0.29, 0.717) is 25.9 Å². The topological polar surface area (TPSA) is 90.3 Å². The minimum Gasteiger partial charge on any atom is -0.481 e. The molecule has 0 aliphatic carbocycles. The van der Waals surface area contributed by atoms with Gasteiger partial charge in [-0.1, -0.05) is 0 Å². The van der Waals surface area contributed by atoms with Gasteiger partial charge in [0.05, 0.1) is 5.60 Å². The van der Waals surface area contributed by atoms with Gasteiger partial charge in [-0.15, -0.1) is 0 Å². The van der Waals surface area contributed by atoms with E-state index in [1.54, 1.807) is 20.8 Å². The second-order valence-corrected chi connectivity index (χ2v) is 7.56. The van der Waals surface area contributed by atoms with Crippen LogP contribution in [0.2, 0.25) is 0 Å². The summed E-state index contributed by atoms with van der Waals surface area (Å²) in [5.74, 6) is -1.04. The Hall–Kier alpha value is -1.34. The van der Waals surface area contributed by atoms with Crippen LogP contribution in [0.15, 0.2) is 0 Å². The summed E-state index contributed by atoms with van der Waals surface area (Å²) in [5.41, 5.74) is -3.18. The number of carboxylic acid groups (broad SMARTS) is 1. The summed E-state index contributed by atoms with van der Waals surface area (Å²) in [4.78, 5) is 27.2. The van der Waals surface area contributed by atoms with E-state index in [9.17, 15) is 19.8 Å². The Labute approximate surface area is 130 Å². The van der Waals surface area contributed by atoms with Crippen molar-refractivity contribution in [1.29, 1.82) is 0 Å². The lowest BCUT2D eigenvalue weighted by molar-refractivity contribution is -0.203. The van der Waals surface area contributed by atoms with Crippen LogP contribution in [0.4, 0.5) is 4.79 Å². The van der Waals surface area contributed by atoms with Crippen LogP contribution in [0.3, 0.4) is 0 Å². The van der Waals surface area contributed by atoms with E-state index in [2.05, 4.69) is 4.90 Å². The first kappa shape index (κ1) is 17.0. The number of nitrogens with zero attached hydrogens (tertiary/aromatic N) is 2. The summed E-state index contributed by atoms with van der Waals surface area (Å²) in [7, 11) is 1.95. The molecule has 7 heteroatoms. The fourth-order valence-electron chi connectivity index (χ4n) is 3.16. The van der Waals surface area contributed by atoms with E-state index >= 15 is 0 Å². The number of piperidine rings is 1. The number of aliphatic carboxylic acids is 1. The Morgan fingerprint density at radius 2 is 1.64 bits per heavy atom. The van der Waals surface area contributed by atoms with Gasteiger partial charge in [-0.2, -0.15) is 0 Å². The maximum Gasteiger partial charge on any atom is 0.410 e. The normalized spacial score (nSPS) is 24.5. The van der Waals surface area contributed by atoms with Gasteiger partial charge in [-0.25, -0.2) is 4.79 Å². The highest BCUT2D eigenvalue weighted by molar-refractivity contribution is 5.82. The highest BCUT2D eigenvalue weighted by Gasteiger charge is 2.64. The van der Waals surface area contributed by atoms with Gasteiger partial charge in [-0.3, -0.25) is 4.79 Å². The Balaban J connectivity index is 2.08. The van der Waals surface area contributed by atoms with Crippen molar-refractivity contribution in [2.24, 2.45) is 5.41 Å². The van der Waals surface area contributed by atoms with Crippen LogP contribution in [0.5, 0.6) is 0 Å². The van der Waals surface area contributed by atoms with Crippen molar-refractivity contribution in [1.82, 2.24) is 9.80 Å². The first-order chi connectivity index (χ1) is 9.99. The van der Waals surface area contributed by atoms with Gasteiger partial charge in [-0.05, 0) is 40.7 Å². The molecular formula is C15H26N2O5. The monoisotopic (exact) mass is 314 g/mol. The van der Waals surface area contributed by atoms with Gasteiger partial charge in [0.2, 0.25) is 0 Å². The molecule has 0 spiro atoms. The fraction of sp³-hybridized carbons (Fsp3) is 0.867. The van der Waals surface area contributed by atoms with Crippen molar-refractivity contribution in [2.75, 3.05) is 33.2 Å². The summed E-state index contributed by atoms with van der Waals surface area (Å²) in [6, 6.07) is 0. The van der Waals surface area contributed by atoms with E-state index in [-0.39, 0.29) is 13.1 Å². The number of ether oxygens (including phenoxy) is 1. The molecule has 2 aliphatic heterocycles. The molecule has 126 valence electrons. The van der Waals surface area contributed by atoms with Crippen LogP contribution in [0.1, 0.15) is 33.6 Å². The highest BCUT2D eigenvalue weighted by Crippen LogP contribution is 2.46. The molecule has 7 nitrogen and oxygen atoms in total. The van der Waals surface area contributed by atoms with Crippen LogP contribution in [-0.2, 0) is 9.53 Å². The molecule has 0 bridgehead atoms. The number of rotatable bonds is 2. The Kier molecular flexibility index (Phi) is 4.16. The predicted octanol–water partition coefficient (Wildman–Crippen LogP) is 0.765. The van der Waals surface area contributed by atoms with Crippen molar-refractivity contribution < 1.29 is 24.5 Å². The fourth-order valence-corrected chi connectivity index (χ4v) is 3.16. The SMILES string of the molecule is CN1CCC(O)(C2(C(=O)O)CN(C(=O)OC(C)(C)C)C2)CC1. The quantitative estimate of drug-likeness (QED) is 0.782. The molecular weight excluding hydrogens is 288 g/mol. The van der Waals surface area contributed by atoms with Crippen molar-refractivity contribution in [2.45, 2.75) is 44.8 Å². The smallest absolute Gasteiger partial charge is 0.410 e. The van der Waals surface area contributed by atoms with E-state index in [0.717, 1.165) is 0 Å². The third-order valence-corrected chi connectivity index (χ3v) is 4.69. The third kappa shape index (κ3) is 2.92. The second kappa shape index (κ2) is 5.38. The van der Waals surface area contributed by atoms with Gasteiger partial charge in [0.25, 0.3) is 0 Å². The summed E-state index contributed by atoms with van der Waals surface area (Å²) >= 11 is 0. The number of amides is 1. The predicted molar refractivity (Wildman–Crippen MR) is 79.6 cm³/mol. The third-order valence-electron chi connectivity index (χ3n) is 4.69. The number of hydrogen-bond acceptors (Lipinski definition) is 5. The van der Waals surface area contributed by atoms with Crippen molar-refractivity contribution in [3.8, 4) is 0 Å². The van der Waals surface area contributed by atoms with Crippen LogP contribution in [0.25, 0.3) is 0 Å². The summed E-state index contributed by atoms with van der Waals surface area (Å²) in [6.45, 7) is 6.59. The van der Waals surface area contributed by atoms with Gasteiger partial charge in [0, 0.05) is 26.2 Å². The number of carbonyl (C=O) groups excluding carboxylic acids is 1. The Morgan fingerprint density at radius 1 is 1.14 bits per heavy atom. The molecule has 2 N–H and O–H groups in total. The number of aliphatic hydroxyl groups is 1. The molecule has 0 atom stereocenters. The molecule has 2 saturated heterocycles. The minimum absolute atomic E-state index is 0.00252. The van der Waals surface area contributed by atoms with E-state index in [1.807, 2.05) is 7.05 Å². The average molecular weight is 314 g/mol. The molecule has 0 saturated carbocycles. The van der Waals surface area contributed by atoms with E-state index in [4.69, 9.17) is 4.74 Å². The molecule has 22 heavy (non-hydrogen) atoms. The Morgan fingerprint density at radius 3 is 2.05 bits per heavy atom. The summed E-state index contributed by atoms with van der Waals surface area (Å²) in [5, 5.41) is 20.5. The average Bonchev–Trinajstić information content (AvgIpc) is 2.29. The lowest BCUT2D eigenvalue weighted by Gasteiger charge is -2.56. The van der Waals surface area contributed by atoms with Crippen LogP contribution >= 0.6 is 0 Å². The first-order valence-electron chi connectivity index (χ1n) is 7.61. The van der Waals surface area contributed by atoms with Gasteiger partial charge >= 0.3 is 12.1 Å². The molecule has 2 rings (SSSR count). The molecule has 2 heterocycles. The Bertz CT molecular complexity index is 457. The number of hydrogen-bond donors (Lipinski definition) is 2. The molecule has 0 aromatic heterocycles.